The fourth-order valence-corrected chi connectivity index (χ4v) is 5.24. The number of carbonyl (C=O) groups is 1. The zero-order chi connectivity index (χ0) is 23.0. The molecule has 0 saturated heterocycles. The Morgan fingerprint density at radius 2 is 1.91 bits per heavy atom. The molecular weight excluding hydrogens is 436 g/mol. The summed E-state index contributed by atoms with van der Waals surface area (Å²) < 4.78 is 2.83. The van der Waals surface area contributed by atoms with E-state index in [9.17, 15) is 4.79 Å². The highest BCUT2D eigenvalue weighted by Crippen LogP contribution is 2.32. The fraction of sp³-hybridized carbons (Fsp3) is 0.320. The van der Waals surface area contributed by atoms with Crippen molar-refractivity contribution in [1.82, 2.24) is 14.8 Å². The van der Waals surface area contributed by atoms with Crippen molar-refractivity contribution in [1.29, 1.82) is 0 Å². The molecule has 166 valence electrons. The van der Waals surface area contributed by atoms with Gasteiger partial charge in [-0.3, -0.25) is 4.79 Å². The summed E-state index contributed by atoms with van der Waals surface area (Å²) in [5, 5.41) is 8.81. The molecule has 0 atom stereocenters. The average molecular weight is 465 g/mol. The second-order valence-corrected chi connectivity index (χ2v) is 11.8. The number of nitrogens with zero attached hydrogens (tertiary/aromatic N) is 3. The minimum Gasteiger partial charge on any atom is -0.306 e. The molecule has 0 radical (unpaired) electrons. The number of anilines is 1. The first kappa shape index (κ1) is 22.6. The third-order valence-corrected chi connectivity index (χ3v) is 6.96. The van der Waals surface area contributed by atoms with Gasteiger partial charge in [-0.05, 0) is 48.2 Å². The molecule has 1 N–H and O–H groups in total. The van der Waals surface area contributed by atoms with Crippen molar-refractivity contribution in [2.45, 2.75) is 57.1 Å². The van der Waals surface area contributed by atoms with Gasteiger partial charge >= 0.3 is 0 Å². The molecule has 2 heterocycles. The molecule has 4 aromatic rings. The van der Waals surface area contributed by atoms with Crippen LogP contribution < -0.4 is 5.32 Å². The average Bonchev–Trinajstić information content (AvgIpc) is 3.29. The van der Waals surface area contributed by atoms with Crippen LogP contribution in [0.15, 0.2) is 53.4 Å². The smallest absolute Gasteiger partial charge is 0.256 e. The molecule has 7 heteroatoms. The van der Waals surface area contributed by atoms with E-state index in [0.29, 0.717) is 16.6 Å². The van der Waals surface area contributed by atoms with E-state index in [1.54, 1.807) is 27.8 Å². The topological polar surface area (TPSA) is 59.8 Å². The van der Waals surface area contributed by atoms with Gasteiger partial charge in [-0.2, -0.15) is 9.78 Å². The number of thiazole rings is 1. The number of aryl methyl sites for hydroxylation is 1. The lowest BCUT2D eigenvalue weighted by Gasteiger charge is -2.18. The first-order valence-corrected chi connectivity index (χ1v) is 12.4. The number of benzene rings is 2. The molecule has 4 rings (SSSR count). The molecule has 0 aliphatic heterocycles. The predicted molar refractivity (Wildman–Crippen MR) is 136 cm³/mol. The van der Waals surface area contributed by atoms with Crippen molar-refractivity contribution in [2.24, 2.45) is 0 Å². The molecular formula is C25H28N4OS2. The third kappa shape index (κ3) is 4.89. The monoisotopic (exact) mass is 464 g/mol. The minimum atomic E-state index is -0.159. The van der Waals surface area contributed by atoms with E-state index in [-0.39, 0.29) is 11.3 Å². The highest BCUT2D eigenvalue weighted by Gasteiger charge is 2.18. The predicted octanol–water partition coefficient (Wildman–Crippen LogP) is 6.84. The largest absolute Gasteiger partial charge is 0.306 e. The molecule has 0 aliphatic rings. The molecule has 0 unspecified atom stereocenters. The van der Waals surface area contributed by atoms with Crippen LogP contribution in [0.1, 0.15) is 56.2 Å². The SMILES string of the molecule is Cc1cc(NC(=O)c2cccc(SC(C)C)c2)n(-c2nc3ccc(C(C)(C)C)cc3s2)n1. The van der Waals surface area contributed by atoms with Gasteiger partial charge in [0.25, 0.3) is 5.91 Å². The van der Waals surface area contributed by atoms with E-state index in [2.05, 4.69) is 63.2 Å². The standard InChI is InChI=1S/C25H28N4OS2/c1-15(2)31-19-9-7-8-17(13-19)23(30)27-22-12-16(3)28-29(22)24-26-20-11-10-18(25(4,5)6)14-21(20)32-24/h7-15H,1-6H3,(H,27,30). The van der Waals surface area contributed by atoms with Gasteiger partial charge < -0.3 is 5.32 Å². The summed E-state index contributed by atoms with van der Waals surface area (Å²) >= 11 is 3.31. The Morgan fingerprint density at radius 3 is 2.62 bits per heavy atom. The van der Waals surface area contributed by atoms with Crippen LogP contribution in [0.5, 0.6) is 0 Å². The molecule has 5 nitrogen and oxygen atoms in total. The summed E-state index contributed by atoms with van der Waals surface area (Å²) in [5.41, 5.74) is 3.72. The Balaban J connectivity index is 1.64. The van der Waals surface area contributed by atoms with E-state index in [1.165, 1.54) is 5.56 Å². The number of nitrogens with one attached hydrogen (secondary N) is 1. The van der Waals surface area contributed by atoms with E-state index < -0.39 is 0 Å². The van der Waals surface area contributed by atoms with Crippen LogP contribution in [-0.2, 0) is 5.41 Å². The van der Waals surface area contributed by atoms with Crippen molar-refractivity contribution >= 4 is 45.0 Å². The van der Waals surface area contributed by atoms with Crippen molar-refractivity contribution in [3.05, 3.63) is 65.4 Å². The Morgan fingerprint density at radius 1 is 1.12 bits per heavy atom. The van der Waals surface area contributed by atoms with Gasteiger partial charge in [0.2, 0.25) is 5.13 Å². The molecule has 2 aromatic carbocycles. The van der Waals surface area contributed by atoms with Crippen LogP contribution in [0.2, 0.25) is 0 Å². The number of rotatable bonds is 5. The molecule has 0 saturated carbocycles. The lowest BCUT2D eigenvalue weighted by molar-refractivity contribution is 0.102. The molecule has 32 heavy (non-hydrogen) atoms. The zero-order valence-corrected chi connectivity index (χ0v) is 20.9. The molecule has 1 amide bonds. The highest BCUT2D eigenvalue weighted by atomic mass is 32.2. The summed E-state index contributed by atoms with van der Waals surface area (Å²) in [6.45, 7) is 12.8. The summed E-state index contributed by atoms with van der Waals surface area (Å²) in [6, 6.07) is 16.0. The van der Waals surface area contributed by atoms with Crippen LogP contribution >= 0.6 is 23.1 Å². The summed E-state index contributed by atoms with van der Waals surface area (Å²) in [7, 11) is 0. The van der Waals surface area contributed by atoms with Gasteiger partial charge in [0, 0.05) is 21.8 Å². The van der Waals surface area contributed by atoms with Gasteiger partial charge in [-0.15, -0.1) is 11.8 Å². The molecule has 2 aromatic heterocycles. The number of hydrogen-bond acceptors (Lipinski definition) is 5. The normalized spacial score (nSPS) is 12.0. The molecule has 0 spiro atoms. The van der Waals surface area contributed by atoms with E-state index >= 15 is 0 Å². The number of hydrogen-bond donors (Lipinski definition) is 1. The Labute approximate surface area is 197 Å². The summed E-state index contributed by atoms with van der Waals surface area (Å²) in [6.07, 6.45) is 0. The lowest BCUT2D eigenvalue weighted by Crippen LogP contribution is -2.15. The first-order chi connectivity index (χ1) is 15.1. The molecule has 0 bridgehead atoms. The van der Waals surface area contributed by atoms with Gasteiger partial charge in [0.15, 0.2) is 0 Å². The maximum Gasteiger partial charge on any atom is 0.256 e. The highest BCUT2D eigenvalue weighted by molar-refractivity contribution is 7.99. The fourth-order valence-electron chi connectivity index (χ4n) is 3.38. The maximum absolute atomic E-state index is 13.0. The van der Waals surface area contributed by atoms with Crippen LogP contribution in [0.3, 0.4) is 0 Å². The zero-order valence-electron chi connectivity index (χ0n) is 19.3. The van der Waals surface area contributed by atoms with Gasteiger partial charge in [-0.1, -0.05) is 58.1 Å². The van der Waals surface area contributed by atoms with Crippen LogP contribution in [0.4, 0.5) is 5.82 Å². The summed E-state index contributed by atoms with van der Waals surface area (Å²) in [5.74, 6) is 0.456. The van der Waals surface area contributed by atoms with E-state index in [1.807, 2.05) is 37.3 Å². The van der Waals surface area contributed by atoms with Crippen LogP contribution in [0.25, 0.3) is 15.3 Å². The van der Waals surface area contributed by atoms with Crippen molar-refractivity contribution < 1.29 is 4.79 Å². The molecule has 0 aliphatic carbocycles. The second-order valence-electron chi connectivity index (χ2n) is 9.16. The molecule has 0 fully saturated rings. The number of amides is 1. The Hall–Kier alpha value is -2.64. The van der Waals surface area contributed by atoms with Crippen LogP contribution in [0, 0.1) is 6.92 Å². The Kier molecular flexibility index (Phi) is 6.14. The van der Waals surface area contributed by atoms with Crippen molar-refractivity contribution in [3.63, 3.8) is 0 Å². The van der Waals surface area contributed by atoms with E-state index in [4.69, 9.17) is 4.98 Å². The van der Waals surface area contributed by atoms with Gasteiger partial charge in [0.1, 0.15) is 5.82 Å². The lowest BCUT2D eigenvalue weighted by atomic mass is 9.87. The number of thioether (sulfide) groups is 1. The second kappa shape index (κ2) is 8.71. The summed E-state index contributed by atoms with van der Waals surface area (Å²) in [4.78, 5) is 18.8. The van der Waals surface area contributed by atoms with Gasteiger partial charge in [0.05, 0.1) is 15.9 Å². The van der Waals surface area contributed by atoms with Crippen molar-refractivity contribution in [3.8, 4) is 5.13 Å². The number of carbonyl (C=O) groups excluding carboxylic acids is 1. The number of fused-ring (bicyclic) bond motifs is 1. The van der Waals surface area contributed by atoms with Crippen LogP contribution in [-0.4, -0.2) is 25.9 Å². The van der Waals surface area contributed by atoms with Crippen molar-refractivity contribution in [2.75, 3.05) is 5.32 Å². The maximum atomic E-state index is 13.0. The van der Waals surface area contributed by atoms with Gasteiger partial charge in [-0.25, -0.2) is 4.98 Å². The van der Waals surface area contributed by atoms with E-state index in [0.717, 1.165) is 25.9 Å². The Bertz CT molecular complexity index is 1280. The minimum absolute atomic E-state index is 0.0716. The number of aromatic nitrogens is 3. The first-order valence-electron chi connectivity index (χ1n) is 10.7. The third-order valence-electron chi connectivity index (χ3n) is 4.97. The quantitative estimate of drug-likeness (QED) is 0.328.